The van der Waals surface area contributed by atoms with E-state index in [0.29, 0.717) is 17.4 Å². The predicted octanol–water partition coefficient (Wildman–Crippen LogP) is 3.50. The van der Waals surface area contributed by atoms with Gasteiger partial charge in [-0.25, -0.2) is 4.79 Å². The lowest BCUT2D eigenvalue weighted by Crippen LogP contribution is -2.37. The van der Waals surface area contributed by atoms with Crippen molar-refractivity contribution in [1.82, 2.24) is 0 Å². The van der Waals surface area contributed by atoms with Crippen LogP contribution in [0.25, 0.3) is 0 Å². The number of hydrogen-bond donors (Lipinski definition) is 0. The molecule has 0 radical (unpaired) electrons. The zero-order valence-corrected chi connectivity index (χ0v) is 10.7. The van der Waals surface area contributed by atoms with Crippen molar-refractivity contribution in [3.63, 3.8) is 0 Å². The predicted molar refractivity (Wildman–Crippen MR) is 64.1 cm³/mol. The highest BCUT2D eigenvalue weighted by atomic mass is 35.5. The lowest BCUT2D eigenvalue weighted by Gasteiger charge is -2.34. The molecule has 0 saturated heterocycles. The van der Waals surface area contributed by atoms with Gasteiger partial charge in [-0.3, -0.25) is 0 Å². The van der Waals surface area contributed by atoms with Gasteiger partial charge in [-0.15, -0.1) is 0 Å². The summed E-state index contributed by atoms with van der Waals surface area (Å²) in [6.07, 6.45) is 4.93. The van der Waals surface area contributed by atoms with Crippen LogP contribution in [0.2, 0.25) is 0 Å². The minimum absolute atomic E-state index is 0.316. The molecule has 2 fully saturated rings. The molecular weight excluding hydrogens is 224 g/mol. The van der Waals surface area contributed by atoms with Crippen LogP contribution < -0.4 is 0 Å². The van der Waals surface area contributed by atoms with Crippen LogP contribution in [0.15, 0.2) is 12.2 Å². The zero-order valence-electron chi connectivity index (χ0n) is 9.96. The summed E-state index contributed by atoms with van der Waals surface area (Å²) in [5, 5.41) is -0.851. The minimum Gasteiger partial charge on any atom is -0.440 e. The summed E-state index contributed by atoms with van der Waals surface area (Å²) in [6, 6.07) is 0. The first-order chi connectivity index (χ1) is 7.40. The molecule has 2 saturated carbocycles. The number of fused-ring (bicyclic) bond motifs is 2. The van der Waals surface area contributed by atoms with Crippen LogP contribution in [0.4, 0.5) is 0 Å². The number of carbonyl (C=O) groups excluding carboxylic acids is 1. The summed E-state index contributed by atoms with van der Waals surface area (Å²) < 4.78 is 5.36. The van der Waals surface area contributed by atoms with Crippen LogP contribution in [-0.2, 0) is 9.53 Å². The van der Waals surface area contributed by atoms with Crippen molar-refractivity contribution in [2.24, 2.45) is 17.8 Å². The van der Waals surface area contributed by atoms with E-state index in [2.05, 4.69) is 6.58 Å². The molecule has 0 aromatic rings. The third-order valence-electron chi connectivity index (χ3n) is 4.04. The van der Waals surface area contributed by atoms with Crippen LogP contribution in [0.3, 0.4) is 0 Å². The number of alkyl halides is 1. The van der Waals surface area contributed by atoms with E-state index < -0.39 is 5.06 Å². The maximum atomic E-state index is 11.5. The van der Waals surface area contributed by atoms with Crippen molar-refractivity contribution in [1.29, 1.82) is 0 Å². The molecule has 2 nitrogen and oxygen atoms in total. The van der Waals surface area contributed by atoms with Gasteiger partial charge in [0.2, 0.25) is 0 Å². The normalized spacial score (nSPS) is 35.8. The molecule has 0 aromatic carbocycles. The Bertz CT molecular complexity index is 322. The van der Waals surface area contributed by atoms with Crippen molar-refractivity contribution in [3.8, 4) is 0 Å². The van der Waals surface area contributed by atoms with Gasteiger partial charge in [0.15, 0.2) is 5.06 Å². The Kier molecular flexibility index (Phi) is 3.04. The van der Waals surface area contributed by atoms with Crippen molar-refractivity contribution >= 4 is 17.6 Å². The molecule has 0 aromatic heterocycles. The Morgan fingerprint density at radius 2 is 2.12 bits per heavy atom. The van der Waals surface area contributed by atoms with Crippen molar-refractivity contribution in [2.45, 2.75) is 44.6 Å². The molecule has 0 heterocycles. The molecule has 90 valence electrons. The van der Waals surface area contributed by atoms with Crippen molar-refractivity contribution in [3.05, 3.63) is 12.2 Å². The number of ether oxygens (including phenoxy) is 1. The maximum Gasteiger partial charge on any atom is 0.334 e. The fourth-order valence-corrected chi connectivity index (χ4v) is 3.56. The van der Waals surface area contributed by atoms with Gasteiger partial charge in [0, 0.05) is 11.5 Å². The summed E-state index contributed by atoms with van der Waals surface area (Å²) in [5.41, 5.74) is 0.412. The van der Waals surface area contributed by atoms with E-state index in [1.54, 1.807) is 6.92 Å². The SMILES string of the molecule is C=C(C)C(=O)OC(C)(Cl)C1CC2CCC1C2. The molecule has 4 unspecified atom stereocenters. The summed E-state index contributed by atoms with van der Waals surface area (Å²) in [7, 11) is 0. The van der Waals surface area contributed by atoms with Gasteiger partial charge in [-0.2, -0.15) is 0 Å². The van der Waals surface area contributed by atoms with Crippen LogP contribution >= 0.6 is 11.6 Å². The second kappa shape index (κ2) is 4.06. The molecule has 3 heteroatoms. The van der Waals surface area contributed by atoms with Gasteiger partial charge in [-0.1, -0.05) is 24.6 Å². The number of carbonyl (C=O) groups is 1. The molecular formula is C13H19ClO2. The third-order valence-corrected chi connectivity index (χ3v) is 4.40. The van der Waals surface area contributed by atoms with E-state index >= 15 is 0 Å². The fraction of sp³-hybridized carbons (Fsp3) is 0.769. The third kappa shape index (κ3) is 2.13. The van der Waals surface area contributed by atoms with Gasteiger partial charge in [-0.05, 0) is 44.9 Å². The summed E-state index contributed by atoms with van der Waals surface area (Å²) >= 11 is 6.39. The van der Waals surface area contributed by atoms with Crippen LogP contribution in [0.1, 0.15) is 39.5 Å². The summed E-state index contributed by atoms with van der Waals surface area (Å²) in [6.45, 7) is 7.05. The number of esters is 1. The Hall–Kier alpha value is -0.500. The Balaban J connectivity index is 2.02. The Morgan fingerprint density at radius 3 is 2.56 bits per heavy atom. The Morgan fingerprint density at radius 1 is 1.44 bits per heavy atom. The maximum absolute atomic E-state index is 11.5. The van der Waals surface area contributed by atoms with E-state index in [-0.39, 0.29) is 5.97 Å². The monoisotopic (exact) mass is 242 g/mol. The van der Waals surface area contributed by atoms with Crippen LogP contribution in [-0.4, -0.2) is 11.0 Å². The molecule has 0 aliphatic heterocycles. The highest BCUT2D eigenvalue weighted by Gasteiger charge is 2.49. The van der Waals surface area contributed by atoms with E-state index in [9.17, 15) is 4.79 Å². The van der Waals surface area contributed by atoms with Crippen molar-refractivity contribution in [2.75, 3.05) is 0 Å². The molecule has 0 amide bonds. The highest BCUT2D eigenvalue weighted by molar-refractivity contribution is 6.23. The second-order valence-corrected chi connectivity index (χ2v) is 6.19. The minimum atomic E-state index is -0.851. The van der Waals surface area contributed by atoms with Gasteiger partial charge in [0.25, 0.3) is 0 Å². The smallest absolute Gasteiger partial charge is 0.334 e. The first-order valence-electron chi connectivity index (χ1n) is 5.98. The number of hydrogen-bond acceptors (Lipinski definition) is 2. The molecule has 16 heavy (non-hydrogen) atoms. The standard InChI is InChI=1S/C13H19ClO2/c1-8(2)12(15)16-13(3,14)11-7-9-4-5-10(11)6-9/h9-11H,1,4-7H2,2-3H3. The number of rotatable bonds is 3. The second-order valence-electron chi connectivity index (χ2n) is 5.44. The average Bonchev–Trinajstić information content (AvgIpc) is 2.77. The topological polar surface area (TPSA) is 26.3 Å². The van der Waals surface area contributed by atoms with Crippen LogP contribution in [0.5, 0.6) is 0 Å². The quantitative estimate of drug-likeness (QED) is 0.430. The fourth-order valence-electron chi connectivity index (χ4n) is 3.22. The largest absolute Gasteiger partial charge is 0.440 e. The number of halogens is 1. The van der Waals surface area contributed by atoms with Gasteiger partial charge >= 0.3 is 5.97 Å². The summed E-state index contributed by atoms with van der Waals surface area (Å²) in [5.74, 6) is 1.39. The molecule has 0 N–H and O–H groups in total. The molecule has 2 bridgehead atoms. The van der Waals surface area contributed by atoms with Crippen LogP contribution in [0, 0.1) is 17.8 Å². The summed E-state index contributed by atoms with van der Waals surface area (Å²) in [4.78, 5) is 11.5. The highest BCUT2D eigenvalue weighted by Crippen LogP contribution is 2.54. The van der Waals surface area contributed by atoms with Crippen molar-refractivity contribution < 1.29 is 9.53 Å². The molecule has 2 rings (SSSR count). The zero-order chi connectivity index (χ0) is 11.9. The molecule has 2 aliphatic carbocycles. The Labute approximate surface area is 102 Å². The van der Waals surface area contributed by atoms with E-state index in [4.69, 9.17) is 16.3 Å². The lowest BCUT2D eigenvalue weighted by molar-refractivity contribution is -0.151. The van der Waals surface area contributed by atoms with E-state index in [0.717, 1.165) is 12.3 Å². The van der Waals surface area contributed by atoms with Gasteiger partial charge in [0.1, 0.15) is 0 Å². The lowest BCUT2D eigenvalue weighted by atomic mass is 9.85. The van der Waals surface area contributed by atoms with E-state index in [1.165, 1.54) is 19.3 Å². The first-order valence-corrected chi connectivity index (χ1v) is 6.35. The van der Waals surface area contributed by atoms with Gasteiger partial charge < -0.3 is 4.74 Å². The molecule has 4 atom stereocenters. The molecule has 0 spiro atoms. The van der Waals surface area contributed by atoms with E-state index in [1.807, 2.05) is 6.92 Å². The molecule has 2 aliphatic rings. The first kappa shape index (κ1) is 12.0. The van der Waals surface area contributed by atoms with Gasteiger partial charge in [0.05, 0.1) is 0 Å². The average molecular weight is 243 g/mol.